The molecule has 0 saturated carbocycles. The van der Waals surface area contributed by atoms with Crippen LogP contribution in [-0.2, 0) is 23.9 Å². The Hall–Kier alpha value is -3.39. The first kappa shape index (κ1) is 22.8. The third-order valence-corrected chi connectivity index (χ3v) is 7.22. The monoisotopic (exact) mass is 467 g/mol. The van der Waals surface area contributed by atoms with Crippen LogP contribution >= 0.6 is 11.3 Å². The zero-order valence-electron chi connectivity index (χ0n) is 18.8. The minimum atomic E-state index is -1.00. The van der Waals surface area contributed by atoms with Gasteiger partial charge in [0.15, 0.2) is 5.78 Å². The van der Waals surface area contributed by atoms with Crippen LogP contribution in [0.3, 0.4) is 0 Å². The van der Waals surface area contributed by atoms with Crippen molar-refractivity contribution >= 4 is 29.1 Å². The minimum absolute atomic E-state index is 0.330. The van der Waals surface area contributed by atoms with Crippen molar-refractivity contribution in [2.75, 3.05) is 21.3 Å². The van der Waals surface area contributed by atoms with Gasteiger partial charge in [0.05, 0.1) is 26.9 Å². The van der Waals surface area contributed by atoms with E-state index in [-0.39, 0.29) is 11.7 Å². The van der Waals surface area contributed by atoms with E-state index in [0.717, 1.165) is 4.88 Å². The fourth-order valence-corrected chi connectivity index (χ4v) is 5.60. The van der Waals surface area contributed by atoms with Crippen LogP contribution in [0.15, 0.2) is 64.3 Å². The maximum atomic E-state index is 14.0. The van der Waals surface area contributed by atoms with Crippen molar-refractivity contribution in [3.8, 4) is 5.75 Å². The summed E-state index contributed by atoms with van der Waals surface area (Å²) < 4.78 is 15.5. The number of dihydropyridines is 1. The second-order valence-electron chi connectivity index (χ2n) is 7.95. The van der Waals surface area contributed by atoms with Crippen LogP contribution in [-0.4, -0.2) is 39.1 Å². The molecule has 1 aromatic carbocycles. The first-order valence-corrected chi connectivity index (χ1v) is 11.4. The molecule has 0 amide bonds. The first-order chi connectivity index (χ1) is 15.9. The summed E-state index contributed by atoms with van der Waals surface area (Å²) in [5, 5.41) is 5.19. The van der Waals surface area contributed by atoms with Crippen molar-refractivity contribution in [3.05, 3.63) is 74.8 Å². The SMILES string of the molecule is COC(=O)C1=C(C)NC2=C(C(=O)[C@H](C(=O)OC)[C@@H](c3cccs3)C2)[C@H]1c1cccc(OC)c1. The Morgan fingerprint density at radius 3 is 2.52 bits per heavy atom. The number of hydrogen-bond acceptors (Lipinski definition) is 8. The third kappa shape index (κ3) is 3.95. The van der Waals surface area contributed by atoms with Gasteiger partial charge in [-0.05, 0) is 42.5 Å². The molecule has 172 valence electrons. The van der Waals surface area contributed by atoms with Gasteiger partial charge in [0, 0.05) is 33.7 Å². The van der Waals surface area contributed by atoms with Crippen molar-refractivity contribution < 1.29 is 28.6 Å². The highest BCUT2D eigenvalue weighted by atomic mass is 32.1. The van der Waals surface area contributed by atoms with Crippen molar-refractivity contribution in [3.63, 3.8) is 0 Å². The summed E-state index contributed by atoms with van der Waals surface area (Å²) >= 11 is 1.50. The van der Waals surface area contributed by atoms with Gasteiger partial charge in [0.2, 0.25) is 0 Å². The zero-order valence-corrected chi connectivity index (χ0v) is 19.7. The molecule has 1 aliphatic heterocycles. The number of hydrogen-bond donors (Lipinski definition) is 1. The van der Waals surface area contributed by atoms with E-state index in [4.69, 9.17) is 14.2 Å². The highest BCUT2D eigenvalue weighted by Crippen LogP contribution is 2.49. The molecule has 1 aromatic heterocycles. The molecule has 0 spiro atoms. The van der Waals surface area contributed by atoms with Crippen molar-refractivity contribution in [1.29, 1.82) is 0 Å². The molecule has 2 heterocycles. The predicted octanol–water partition coefficient (Wildman–Crippen LogP) is 3.69. The fourth-order valence-electron chi connectivity index (χ4n) is 4.74. The fraction of sp³-hybridized carbons (Fsp3) is 0.320. The van der Waals surface area contributed by atoms with Gasteiger partial charge in [0.25, 0.3) is 0 Å². The molecular weight excluding hydrogens is 442 g/mol. The molecule has 2 aliphatic rings. The predicted molar refractivity (Wildman–Crippen MR) is 123 cm³/mol. The van der Waals surface area contributed by atoms with E-state index in [1.807, 2.05) is 23.6 Å². The number of thiophene rings is 1. The Bertz CT molecular complexity index is 1160. The molecule has 2 aromatic rings. The first-order valence-electron chi connectivity index (χ1n) is 10.5. The summed E-state index contributed by atoms with van der Waals surface area (Å²) in [6.07, 6.45) is 0.438. The summed E-state index contributed by atoms with van der Waals surface area (Å²) in [7, 11) is 4.15. The van der Waals surface area contributed by atoms with Crippen LogP contribution in [0.25, 0.3) is 0 Å². The summed E-state index contributed by atoms with van der Waals surface area (Å²) in [6, 6.07) is 11.1. The number of allylic oxidation sites excluding steroid dienone is 3. The number of esters is 2. The van der Waals surface area contributed by atoms with E-state index in [1.165, 1.54) is 25.6 Å². The lowest BCUT2D eigenvalue weighted by atomic mass is 9.68. The van der Waals surface area contributed by atoms with Crippen LogP contribution < -0.4 is 10.1 Å². The van der Waals surface area contributed by atoms with E-state index >= 15 is 0 Å². The Morgan fingerprint density at radius 2 is 1.88 bits per heavy atom. The van der Waals surface area contributed by atoms with Gasteiger partial charge in [0.1, 0.15) is 11.7 Å². The van der Waals surface area contributed by atoms with E-state index in [1.54, 1.807) is 32.2 Å². The number of rotatable bonds is 5. The summed E-state index contributed by atoms with van der Waals surface area (Å²) in [5.74, 6) is -2.93. The van der Waals surface area contributed by atoms with Crippen LogP contribution in [0.4, 0.5) is 0 Å². The molecule has 0 saturated heterocycles. The average molecular weight is 468 g/mol. The van der Waals surface area contributed by atoms with Gasteiger partial charge >= 0.3 is 11.9 Å². The zero-order chi connectivity index (χ0) is 23.7. The summed E-state index contributed by atoms with van der Waals surface area (Å²) in [6.45, 7) is 1.79. The lowest BCUT2D eigenvalue weighted by Gasteiger charge is -2.39. The van der Waals surface area contributed by atoms with Crippen LogP contribution in [0, 0.1) is 5.92 Å². The largest absolute Gasteiger partial charge is 0.497 e. The highest BCUT2D eigenvalue weighted by molar-refractivity contribution is 7.10. The number of nitrogens with one attached hydrogen (secondary N) is 1. The number of methoxy groups -OCH3 is 3. The topological polar surface area (TPSA) is 90.9 Å². The lowest BCUT2D eigenvalue weighted by Crippen LogP contribution is -2.43. The van der Waals surface area contributed by atoms with Crippen molar-refractivity contribution in [2.24, 2.45) is 5.92 Å². The average Bonchev–Trinajstić information content (AvgIpc) is 3.37. The maximum absolute atomic E-state index is 14.0. The van der Waals surface area contributed by atoms with E-state index in [9.17, 15) is 14.4 Å². The van der Waals surface area contributed by atoms with E-state index in [2.05, 4.69) is 5.32 Å². The molecule has 33 heavy (non-hydrogen) atoms. The number of ketones is 1. The van der Waals surface area contributed by atoms with Gasteiger partial charge in [-0.15, -0.1) is 11.3 Å². The Kier molecular flexibility index (Phi) is 6.37. The number of carbonyl (C=O) groups excluding carboxylic acids is 3. The quantitative estimate of drug-likeness (QED) is 0.530. The normalized spacial score (nSPS) is 22.4. The Labute approximate surface area is 196 Å². The second-order valence-corrected chi connectivity index (χ2v) is 8.93. The van der Waals surface area contributed by atoms with Crippen molar-refractivity contribution in [2.45, 2.75) is 25.2 Å². The molecule has 0 radical (unpaired) electrons. The Balaban J connectivity index is 1.92. The molecule has 1 aliphatic carbocycles. The summed E-state index contributed by atoms with van der Waals surface area (Å²) in [4.78, 5) is 40.6. The number of benzene rings is 1. The van der Waals surface area contributed by atoms with Gasteiger partial charge in [-0.1, -0.05) is 18.2 Å². The highest BCUT2D eigenvalue weighted by Gasteiger charge is 2.49. The van der Waals surface area contributed by atoms with E-state index < -0.39 is 23.8 Å². The van der Waals surface area contributed by atoms with Crippen LogP contribution in [0.1, 0.15) is 35.6 Å². The van der Waals surface area contributed by atoms with E-state index in [0.29, 0.717) is 40.3 Å². The lowest BCUT2D eigenvalue weighted by molar-refractivity contribution is -0.149. The van der Waals surface area contributed by atoms with Gasteiger partial charge in [-0.2, -0.15) is 0 Å². The molecule has 1 N–H and O–H groups in total. The number of ether oxygens (including phenoxy) is 3. The van der Waals surface area contributed by atoms with Crippen LogP contribution in [0.5, 0.6) is 5.75 Å². The second kappa shape index (κ2) is 9.23. The van der Waals surface area contributed by atoms with Gasteiger partial charge < -0.3 is 19.5 Å². The molecule has 0 unspecified atom stereocenters. The smallest absolute Gasteiger partial charge is 0.336 e. The molecular formula is C25H25NO6S. The summed E-state index contributed by atoms with van der Waals surface area (Å²) in [5.41, 5.74) is 2.74. The molecule has 4 rings (SSSR count). The van der Waals surface area contributed by atoms with Gasteiger partial charge in [-0.3, -0.25) is 9.59 Å². The molecule has 3 atom stereocenters. The third-order valence-electron chi connectivity index (χ3n) is 6.22. The van der Waals surface area contributed by atoms with Crippen molar-refractivity contribution in [1.82, 2.24) is 5.32 Å². The molecule has 7 nitrogen and oxygen atoms in total. The standard InChI is InChI=1S/C25H25NO6S/c1-13-19(24(28)31-3)20(14-7-5-8-15(11-14)30-2)22-17(26-13)12-16(18-9-6-10-33-18)21(23(22)27)25(29)32-4/h5-11,16,20-21,26H,12H2,1-4H3/t16-,20+,21-/m1/s1. The maximum Gasteiger partial charge on any atom is 0.336 e. The minimum Gasteiger partial charge on any atom is -0.497 e. The molecule has 8 heteroatoms. The molecule has 0 bridgehead atoms. The number of carbonyl (C=O) groups is 3. The van der Waals surface area contributed by atoms with Gasteiger partial charge in [-0.25, -0.2) is 4.79 Å². The Morgan fingerprint density at radius 1 is 1.09 bits per heavy atom. The molecule has 0 fully saturated rings. The number of Topliss-reactive ketones (excluding diaryl/α,β-unsaturated/α-hetero) is 1. The van der Waals surface area contributed by atoms with Crippen LogP contribution in [0.2, 0.25) is 0 Å².